The highest BCUT2D eigenvalue weighted by Crippen LogP contribution is 2.24. The van der Waals surface area contributed by atoms with Crippen molar-refractivity contribution in [1.29, 1.82) is 0 Å². The molecule has 114 valence electrons. The summed E-state index contributed by atoms with van der Waals surface area (Å²) in [5.74, 6) is -1.09. The largest absolute Gasteiger partial charge is 0.455 e. The molecule has 1 saturated carbocycles. The molecule has 1 fully saturated rings. The standard InChI is InChI=1S/C13H22N2O5/c1-19-8-7-14-13(18)15-11(16)9-20-12(17)10-5-3-2-4-6-10/h10H,2-9H2,1H3,(H2,14,15,16,18). The zero-order valence-electron chi connectivity index (χ0n) is 11.8. The van der Waals surface area contributed by atoms with Crippen molar-refractivity contribution in [3.05, 3.63) is 0 Å². The van der Waals surface area contributed by atoms with E-state index in [0.717, 1.165) is 32.1 Å². The Kier molecular flexibility index (Phi) is 7.64. The van der Waals surface area contributed by atoms with Crippen molar-refractivity contribution in [2.45, 2.75) is 32.1 Å². The van der Waals surface area contributed by atoms with E-state index in [1.54, 1.807) is 0 Å². The van der Waals surface area contributed by atoms with Gasteiger partial charge < -0.3 is 14.8 Å². The molecule has 20 heavy (non-hydrogen) atoms. The molecule has 1 rings (SSSR count). The molecule has 0 aliphatic heterocycles. The number of hydrogen-bond donors (Lipinski definition) is 2. The molecule has 0 heterocycles. The molecule has 0 radical (unpaired) electrons. The van der Waals surface area contributed by atoms with E-state index in [0.29, 0.717) is 13.2 Å². The van der Waals surface area contributed by atoms with Crippen molar-refractivity contribution < 1.29 is 23.9 Å². The lowest BCUT2D eigenvalue weighted by Crippen LogP contribution is -2.42. The van der Waals surface area contributed by atoms with Crippen LogP contribution in [0.2, 0.25) is 0 Å². The Morgan fingerprint density at radius 2 is 1.85 bits per heavy atom. The predicted molar refractivity (Wildman–Crippen MR) is 71.0 cm³/mol. The predicted octanol–water partition coefficient (Wildman–Crippen LogP) is 0.582. The monoisotopic (exact) mass is 286 g/mol. The summed E-state index contributed by atoms with van der Waals surface area (Å²) in [6.07, 6.45) is 4.82. The van der Waals surface area contributed by atoms with E-state index in [2.05, 4.69) is 10.6 Å². The number of esters is 1. The minimum Gasteiger partial charge on any atom is -0.455 e. The first-order valence-corrected chi connectivity index (χ1v) is 6.86. The van der Waals surface area contributed by atoms with Crippen molar-refractivity contribution in [1.82, 2.24) is 10.6 Å². The van der Waals surface area contributed by atoms with Crippen LogP contribution < -0.4 is 10.6 Å². The van der Waals surface area contributed by atoms with Gasteiger partial charge in [0.1, 0.15) is 0 Å². The van der Waals surface area contributed by atoms with Crippen LogP contribution in [0.3, 0.4) is 0 Å². The van der Waals surface area contributed by atoms with E-state index < -0.39 is 18.5 Å². The van der Waals surface area contributed by atoms with Gasteiger partial charge >= 0.3 is 12.0 Å². The third kappa shape index (κ3) is 6.51. The van der Waals surface area contributed by atoms with E-state index >= 15 is 0 Å². The summed E-state index contributed by atoms with van der Waals surface area (Å²) >= 11 is 0. The third-order valence-electron chi connectivity index (χ3n) is 3.13. The maximum Gasteiger partial charge on any atom is 0.321 e. The van der Waals surface area contributed by atoms with Crippen LogP contribution in [-0.2, 0) is 19.1 Å². The SMILES string of the molecule is COCCNC(=O)NC(=O)COC(=O)C1CCCCC1. The van der Waals surface area contributed by atoms with Gasteiger partial charge in [-0.2, -0.15) is 0 Å². The summed E-state index contributed by atoms with van der Waals surface area (Å²) in [7, 11) is 1.51. The number of carbonyl (C=O) groups excluding carboxylic acids is 3. The van der Waals surface area contributed by atoms with Crippen LogP contribution in [0.5, 0.6) is 0 Å². The summed E-state index contributed by atoms with van der Waals surface area (Å²) in [4.78, 5) is 34.3. The Bertz CT molecular complexity index is 340. The van der Waals surface area contributed by atoms with Gasteiger partial charge in [0, 0.05) is 13.7 Å². The number of methoxy groups -OCH3 is 1. The topological polar surface area (TPSA) is 93.7 Å². The van der Waals surface area contributed by atoms with E-state index in [-0.39, 0.29) is 11.9 Å². The molecule has 1 aliphatic rings. The lowest BCUT2D eigenvalue weighted by molar-refractivity contribution is -0.153. The molecule has 0 saturated heterocycles. The average molecular weight is 286 g/mol. The molecule has 0 unspecified atom stereocenters. The van der Waals surface area contributed by atoms with Crippen LogP contribution in [0.1, 0.15) is 32.1 Å². The molecule has 3 amide bonds. The molecule has 2 N–H and O–H groups in total. The van der Waals surface area contributed by atoms with Gasteiger partial charge in [0.05, 0.1) is 12.5 Å². The molecule has 0 aromatic heterocycles. The second-order valence-corrected chi connectivity index (χ2v) is 4.74. The van der Waals surface area contributed by atoms with Gasteiger partial charge in [0.15, 0.2) is 6.61 Å². The number of nitrogens with one attached hydrogen (secondary N) is 2. The van der Waals surface area contributed by atoms with Crippen molar-refractivity contribution in [3.8, 4) is 0 Å². The number of imide groups is 1. The summed E-state index contributed by atoms with van der Waals surface area (Å²) < 4.78 is 9.66. The Labute approximate surface area is 118 Å². The number of hydrogen-bond acceptors (Lipinski definition) is 5. The molecule has 0 aromatic rings. The quantitative estimate of drug-likeness (QED) is 0.550. The van der Waals surface area contributed by atoms with Crippen molar-refractivity contribution >= 4 is 17.9 Å². The van der Waals surface area contributed by atoms with E-state index in [4.69, 9.17) is 9.47 Å². The summed E-state index contributed by atoms with van der Waals surface area (Å²) in [5.41, 5.74) is 0. The molecule has 0 bridgehead atoms. The molecular formula is C13H22N2O5. The number of urea groups is 1. The fourth-order valence-corrected chi connectivity index (χ4v) is 2.07. The molecule has 7 heteroatoms. The second kappa shape index (κ2) is 9.30. The Hall–Kier alpha value is -1.63. The summed E-state index contributed by atoms with van der Waals surface area (Å²) in [6.45, 7) is 0.239. The average Bonchev–Trinajstić information content (AvgIpc) is 2.46. The zero-order valence-corrected chi connectivity index (χ0v) is 11.8. The van der Waals surface area contributed by atoms with Gasteiger partial charge in [0.2, 0.25) is 0 Å². The maximum atomic E-state index is 11.7. The van der Waals surface area contributed by atoms with Gasteiger partial charge in [-0.3, -0.25) is 14.9 Å². The first-order chi connectivity index (χ1) is 9.63. The minimum atomic E-state index is -0.635. The van der Waals surface area contributed by atoms with Crippen LogP contribution in [0.25, 0.3) is 0 Å². The molecule has 1 aliphatic carbocycles. The third-order valence-corrected chi connectivity index (χ3v) is 3.13. The lowest BCUT2D eigenvalue weighted by atomic mass is 9.89. The van der Waals surface area contributed by atoms with E-state index in [9.17, 15) is 14.4 Å². The van der Waals surface area contributed by atoms with Gasteiger partial charge in [-0.15, -0.1) is 0 Å². The highest BCUT2D eigenvalue weighted by Gasteiger charge is 2.23. The number of rotatable bonds is 6. The van der Waals surface area contributed by atoms with Crippen LogP contribution in [0.4, 0.5) is 4.79 Å². The van der Waals surface area contributed by atoms with Gasteiger partial charge in [0.25, 0.3) is 5.91 Å². The Balaban J connectivity index is 2.15. The number of ether oxygens (including phenoxy) is 2. The Morgan fingerprint density at radius 1 is 1.15 bits per heavy atom. The summed E-state index contributed by atoms with van der Waals surface area (Å²) in [5, 5.41) is 4.50. The maximum absolute atomic E-state index is 11.7. The fourth-order valence-electron chi connectivity index (χ4n) is 2.07. The fraction of sp³-hybridized carbons (Fsp3) is 0.769. The van der Waals surface area contributed by atoms with E-state index in [1.165, 1.54) is 7.11 Å². The molecule has 0 aromatic carbocycles. The molecule has 7 nitrogen and oxygen atoms in total. The van der Waals surface area contributed by atoms with Gasteiger partial charge in [-0.05, 0) is 12.8 Å². The van der Waals surface area contributed by atoms with E-state index in [1.807, 2.05) is 0 Å². The minimum absolute atomic E-state index is 0.105. The summed E-state index contributed by atoms with van der Waals surface area (Å²) in [6, 6.07) is -0.624. The molecule has 0 spiro atoms. The van der Waals surface area contributed by atoms with Gasteiger partial charge in [-0.1, -0.05) is 19.3 Å². The molecule has 0 atom stereocenters. The zero-order chi connectivity index (χ0) is 14.8. The number of amides is 3. The highest BCUT2D eigenvalue weighted by atomic mass is 16.5. The molecular weight excluding hydrogens is 264 g/mol. The van der Waals surface area contributed by atoms with Crippen molar-refractivity contribution in [3.63, 3.8) is 0 Å². The lowest BCUT2D eigenvalue weighted by Gasteiger charge is -2.19. The van der Waals surface area contributed by atoms with Crippen LogP contribution in [0.15, 0.2) is 0 Å². The highest BCUT2D eigenvalue weighted by molar-refractivity contribution is 5.95. The van der Waals surface area contributed by atoms with Crippen LogP contribution in [-0.4, -0.2) is 44.8 Å². The van der Waals surface area contributed by atoms with Crippen LogP contribution >= 0.6 is 0 Å². The van der Waals surface area contributed by atoms with Crippen LogP contribution in [0, 0.1) is 5.92 Å². The Morgan fingerprint density at radius 3 is 2.50 bits per heavy atom. The smallest absolute Gasteiger partial charge is 0.321 e. The normalized spacial score (nSPS) is 15.4. The second-order valence-electron chi connectivity index (χ2n) is 4.74. The first kappa shape index (κ1) is 16.4. The van der Waals surface area contributed by atoms with Crippen molar-refractivity contribution in [2.75, 3.05) is 26.9 Å². The number of carbonyl (C=O) groups is 3. The van der Waals surface area contributed by atoms with Crippen molar-refractivity contribution in [2.24, 2.45) is 5.92 Å². The first-order valence-electron chi connectivity index (χ1n) is 6.86. The van der Waals surface area contributed by atoms with Gasteiger partial charge in [-0.25, -0.2) is 4.79 Å².